The molecule has 0 bridgehead atoms. The van der Waals surface area contributed by atoms with Gasteiger partial charge in [-0.05, 0) is 26.2 Å². The highest BCUT2D eigenvalue weighted by atomic mass is 15.4. The number of imidazole rings is 1. The van der Waals surface area contributed by atoms with Crippen LogP contribution >= 0.6 is 0 Å². The number of guanidine groups is 1. The van der Waals surface area contributed by atoms with Crippen molar-refractivity contribution in [1.29, 1.82) is 0 Å². The Hall–Kier alpha value is -2.38. The van der Waals surface area contributed by atoms with Crippen LogP contribution in [0, 0.1) is 6.92 Å². The maximum atomic E-state index is 4.57. The minimum Gasteiger partial charge on any atom is -0.356 e. The molecule has 2 N–H and O–H groups in total. The Morgan fingerprint density at radius 1 is 1.38 bits per heavy atom. The van der Waals surface area contributed by atoms with Gasteiger partial charge in [0.2, 0.25) is 0 Å². The van der Waals surface area contributed by atoms with Gasteiger partial charge in [-0.15, -0.1) is 0 Å². The summed E-state index contributed by atoms with van der Waals surface area (Å²) in [5.74, 6) is 3.99. The average molecular weight is 358 g/mol. The fourth-order valence-electron chi connectivity index (χ4n) is 3.27. The number of nitrogens with one attached hydrogen (secondary N) is 2. The lowest BCUT2D eigenvalue weighted by molar-refractivity contribution is 0.392. The van der Waals surface area contributed by atoms with Crippen molar-refractivity contribution in [2.24, 2.45) is 4.99 Å². The van der Waals surface area contributed by atoms with Crippen molar-refractivity contribution in [3.63, 3.8) is 0 Å². The van der Waals surface area contributed by atoms with Gasteiger partial charge in [0.05, 0.1) is 6.54 Å². The van der Waals surface area contributed by atoms with Gasteiger partial charge in [0.25, 0.3) is 0 Å². The lowest BCUT2D eigenvalue weighted by atomic mass is 10.1. The van der Waals surface area contributed by atoms with E-state index in [4.69, 9.17) is 0 Å². The minimum absolute atomic E-state index is 0.341. The van der Waals surface area contributed by atoms with E-state index in [9.17, 15) is 0 Å². The minimum atomic E-state index is 0.341. The number of unbranched alkanes of at least 4 members (excludes halogenated alkanes) is 1. The smallest absolute Gasteiger partial charge is 0.191 e. The molecular formula is C18H30N8. The van der Waals surface area contributed by atoms with Crippen LogP contribution in [0.25, 0.3) is 0 Å². The molecule has 0 saturated carbocycles. The average Bonchev–Trinajstić information content (AvgIpc) is 3.25. The number of aromatic nitrogens is 5. The fraction of sp³-hybridized carbons (Fsp3) is 0.667. The standard InChI is InChI=1S/C18H30N8/c1-4-16-23-17-8-7-15(13-26(17)24-16)22-18(19-3)21-9-5-6-11-25-12-10-20-14(25)2/h10,12,15H,4-9,11,13H2,1-3H3,(H2,19,21,22). The first-order valence-corrected chi connectivity index (χ1v) is 9.57. The van der Waals surface area contributed by atoms with E-state index in [1.165, 1.54) is 0 Å². The molecule has 0 aliphatic carbocycles. The molecule has 1 atom stereocenters. The van der Waals surface area contributed by atoms with Gasteiger partial charge >= 0.3 is 0 Å². The van der Waals surface area contributed by atoms with E-state index >= 15 is 0 Å². The maximum Gasteiger partial charge on any atom is 0.191 e. The van der Waals surface area contributed by atoms with E-state index in [-0.39, 0.29) is 0 Å². The van der Waals surface area contributed by atoms with Crippen molar-refractivity contribution >= 4 is 5.96 Å². The molecule has 2 aromatic heterocycles. The Bertz CT molecular complexity index is 729. The molecule has 142 valence electrons. The van der Waals surface area contributed by atoms with Crippen LogP contribution < -0.4 is 10.6 Å². The number of aliphatic imine (C=N–C) groups is 1. The molecule has 0 amide bonds. The molecule has 3 heterocycles. The predicted molar refractivity (Wildman–Crippen MR) is 102 cm³/mol. The summed E-state index contributed by atoms with van der Waals surface area (Å²) in [6, 6.07) is 0.341. The van der Waals surface area contributed by atoms with Crippen LogP contribution in [0.3, 0.4) is 0 Å². The monoisotopic (exact) mass is 358 g/mol. The van der Waals surface area contributed by atoms with Gasteiger partial charge in [0, 0.05) is 51.4 Å². The zero-order valence-corrected chi connectivity index (χ0v) is 16.1. The van der Waals surface area contributed by atoms with Gasteiger partial charge in [0.1, 0.15) is 11.6 Å². The number of aryl methyl sites for hydroxylation is 4. The highest BCUT2D eigenvalue weighted by molar-refractivity contribution is 5.79. The quantitative estimate of drug-likeness (QED) is 0.443. The highest BCUT2D eigenvalue weighted by Crippen LogP contribution is 2.13. The van der Waals surface area contributed by atoms with E-state index in [0.717, 1.165) is 75.2 Å². The lowest BCUT2D eigenvalue weighted by Crippen LogP contribution is -2.47. The topological polar surface area (TPSA) is 85.0 Å². The summed E-state index contributed by atoms with van der Waals surface area (Å²) in [5, 5.41) is 11.5. The maximum absolute atomic E-state index is 4.57. The summed E-state index contributed by atoms with van der Waals surface area (Å²) in [6.45, 7) is 6.91. The zero-order chi connectivity index (χ0) is 18.4. The number of rotatable bonds is 7. The molecule has 1 unspecified atom stereocenters. The molecule has 26 heavy (non-hydrogen) atoms. The van der Waals surface area contributed by atoms with Crippen LogP contribution in [0.4, 0.5) is 0 Å². The van der Waals surface area contributed by atoms with Crippen LogP contribution in [0.15, 0.2) is 17.4 Å². The molecule has 3 rings (SSSR count). The van der Waals surface area contributed by atoms with Crippen molar-refractivity contribution in [2.45, 2.75) is 65.1 Å². The van der Waals surface area contributed by atoms with E-state index in [0.29, 0.717) is 6.04 Å². The number of hydrogen-bond donors (Lipinski definition) is 2. The third-order valence-electron chi connectivity index (χ3n) is 4.82. The summed E-state index contributed by atoms with van der Waals surface area (Å²) in [7, 11) is 1.82. The van der Waals surface area contributed by atoms with E-state index < -0.39 is 0 Å². The molecular weight excluding hydrogens is 328 g/mol. The fourth-order valence-corrected chi connectivity index (χ4v) is 3.27. The van der Waals surface area contributed by atoms with Gasteiger partial charge in [-0.3, -0.25) is 4.99 Å². The first kappa shape index (κ1) is 18.4. The molecule has 8 heteroatoms. The summed E-state index contributed by atoms with van der Waals surface area (Å²) >= 11 is 0. The third-order valence-corrected chi connectivity index (χ3v) is 4.82. The first-order valence-electron chi connectivity index (χ1n) is 9.57. The molecule has 1 aliphatic rings. The Morgan fingerprint density at radius 2 is 2.27 bits per heavy atom. The van der Waals surface area contributed by atoms with Crippen molar-refractivity contribution < 1.29 is 0 Å². The summed E-state index contributed by atoms with van der Waals surface area (Å²) in [5.41, 5.74) is 0. The van der Waals surface area contributed by atoms with E-state index in [1.807, 2.05) is 31.0 Å². The molecule has 0 spiro atoms. The van der Waals surface area contributed by atoms with Gasteiger partial charge in [0.15, 0.2) is 11.8 Å². The SMILES string of the molecule is CCc1nc2n(n1)CC(NC(=NC)NCCCCn1ccnc1C)CC2. The van der Waals surface area contributed by atoms with Gasteiger partial charge in [-0.25, -0.2) is 14.6 Å². The van der Waals surface area contributed by atoms with Gasteiger partial charge in [-0.2, -0.15) is 5.10 Å². The van der Waals surface area contributed by atoms with Crippen molar-refractivity contribution in [2.75, 3.05) is 13.6 Å². The van der Waals surface area contributed by atoms with Gasteiger partial charge < -0.3 is 15.2 Å². The van der Waals surface area contributed by atoms with Crippen LogP contribution in [0.1, 0.15) is 43.7 Å². The second kappa shape index (κ2) is 8.82. The van der Waals surface area contributed by atoms with Crippen molar-refractivity contribution in [1.82, 2.24) is 34.9 Å². The summed E-state index contributed by atoms with van der Waals surface area (Å²) in [6.07, 6.45) is 9.01. The molecule has 0 saturated heterocycles. The van der Waals surface area contributed by atoms with Crippen LogP contribution in [0.2, 0.25) is 0 Å². The van der Waals surface area contributed by atoms with E-state index in [2.05, 4.69) is 42.2 Å². The Morgan fingerprint density at radius 3 is 3.00 bits per heavy atom. The summed E-state index contributed by atoms with van der Waals surface area (Å²) < 4.78 is 4.23. The second-order valence-electron chi connectivity index (χ2n) is 6.73. The number of fused-ring (bicyclic) bond motifs is 1. The third kappa shape index (κ3) is 4.62. The number of nitrogens with zero attached hydrogens (tertiary/aromatic N) is 6. The predicted octanol–water partition coefficient (Wildman–Crippen LogP) is 1.31. The molecule has 2 aromatic rings. The van der Waals surface area contributed by atoms with Crippen molar-refractivity contribution in [3.8, 4) is 0 Å². The summed E-state index contributed by atoms with van der Waals surface area (Å²) in [4.78, 5) is 13.2. The lowest BCUT2D eigenvalue weighted by Gasteiger charge is -2.25. The van der Waals surface area contributed by atoms with Crippen LogP contribution in [-0.4, -0.2) is 49.9 Å². The normalized spacial score (nSPS) is 17.2. The Balaban J connectivity index is 1.39. The second-order valence-corrected chi connectivity index (χ2v) is 6.73. The largest absolute Gasteiger partial charge is 0.356 e. The van der Waals surface area contributed by atoms with Crippen LogP contribution in [-0.2, 0) is 25.9 Å². The number of hydrogen-bond acceptors (Lipinski definition) is 4. The first-order chi connectivity index (χ1) is 12.7. The molecule has 0 aromatic carbocycles. The Kier molecular flexibility index (Phi) is 6.25. The Labute approximate surface area is 155 Å². The molecule has 8 nitrogen and oxygen atoms in total. The van der Waals surface area contributed by atoms with Crippen molar-refractivity contribution in [3.05, 3.63) is 29.9 Å². The molecule has 1 aliphatic heterocycles. The van der Waals surface area contributed by atoms with Crippen LogP contribution in [0.5, 0.6) is 0 Å². The van der Waals surface area contributed by atoms with E-state index in [1.54, 1.807) is 0 Å². The molecule has 0 fully saturated rings. The van der Waals surface area contributed by atoms with Gasteiger partial charge in [-0.1, -0.05) is 6.92 Å². The highest BCUT2D eigenvalue weighted by Gasteiger charge is 2.21. The molecule has 0 radical (unpaired) electrons. The zero-order valence-electron chi connectivity index (χ0n) is 16.1.